The highest BCUT2D eigenvalue weighted by Gasteiger charge is 2.22. The molecule has 12 heteroatoms. The van der Waals surface area contributed by atoms with E-state index in [0.717, 1.165) is 22.7 Å². The minimum absolute atomic E-state index is 0.0438. The van der Waals surface area contributed by atoms with E-state index in [1.54, 1.807) is 24.3 Å². The lowest BCUT2D eigenvalue weighted by Gasteiger charge is -2.09. The van der Waals surface area contributed by atoms with Gasteiger partial charge in [-0.05, 0) is 29.8 Å². The number of primary amides is 1. The number of carbonyl (C=O) groups is 3. The van der Waals surface area contributed by atoms with Gasteiger partial charge in [0.2, 0.25) is 0 Å². The average Bonchev–Trinajstić information content (AvgIpc) is 3.24. The fourth-order valence-corrected chi connectivity index (χ4v) is 3.27. The summed E-state index contributed by atoms with van der Waals surface area (Å²) in [6, 6.07) is 10.8. The monoisotopic (exact) mass is 484 g/mol. The predicted octanol–water partition coefficient (Wildman–Crippen LogP) is 2.94. The zero-order chi connectivity index (χ0) is 24.4. The highest BCUT2D eigenvalue weighted by Crippen LogP contribution is 2.22. The number of carbonyl (C=O) groups excluding carboxylic acids is 3. The van der Waals surface area contributed by atoms with Gasteiger partial charge in [-0.2, -0.15) is 5.10 Å². The van der Waals surface area contributed by atoms with Crippen LogP contribution in [0.1, 0.15) is 36.9 Å². The fourth-order valence-electron chi connectivity index (χ4n) is 3.09. The molecule has 34 heavy (non-hydrogen) atoms. The summed E-state index contributed by atoms with van der Waals surface area (Å²) in [4.78, 5) is 41.6. The maximum absolute atomic E-state index is 13.4. The van der Waals surface area contributed by atoms with E-state index in [4.69, 9.17) is 17.3 Å². The molecule has 4 aromatic rings. The molecular weight excluding hydrogens is 470 g/mol. The van der Waals surface area contributed by atoms with E-state index < -0.39 is 29.4 Å². The van der Waals surface area contributed by atoms with E-state index in [-0.39, 0.29) is 29.1 Å². The molecule has 2 aromatic heterocycles. The molecule has 172 valence electrons. The van der Waals surface area contributed by atoms with Crippen molar-refractivity contribution in [3.63, 3.8) is 0 Å². The number of aromatic nitrogens is 3. The number of fused-ring (bicyclic) bond motifs is 1. The Kier molecular flexibility index (Phi) is 6.19. The Bertz CT molecular complexity index is 1460. The van der Waals surface area contributed by atoms with Crippen LogP contribution in [0.2, 0.25) is 5.02 Å². The van der Waals surface area contributed by atoms with E-state index in [2.05, 4.69) is 20.7 Å². The number of benzene rings is 2. The van der Waals surface area contributed by atoms with Crippen molar-refractivity contribution in [1.82, 2.24) is 19.9 Å². The molecule has 2 heterocycles. The molecular formula is C22H15ClF2N6O3. The molecule has 2 aromatic carbocycles. The molecule has 0 aliphatic carbocycles. The van der Waals surface area contributed by atoms with Gasteiger partial charge in [0, 0.05) is 12.6 Å². The Hall–Kier alpha value is -4.38. The van der Waals surface area contributed by atoms with E-state index in [1.165, 1.54) is 12.3 Å². The highest BCUT2D eigenvalue weighted by molar-refractivity contribution is 6.34. The van der Waals surface area contributed by atoms with Crippen molar-refractivity contribution >= 4 is 40.7 Å². The van der Waals surface area contributed by atoms with Gasteiger partial charge < -0.3 is 16.4 Å². The lowest BCUT2D eigenvalue weighted by molar-refractivity contribution is 0.0944. The quantitative estimate of drug-likeness (QED) is 0.387. The molecule has 0 radical (unpaired) electrons. The second-order valence-corrected chi connectivity index (χ2v) is 7.46. The van der Waals surface area contributed by atoms with Crippen molar-refractivity contribution in [2.24, 2.45) is 5.73 Å². The molecule has 4 rings (SSSR count). The molecule has 0 atom stereocenters. The number of nitrogens with one attached hydrogen (secondary N) is 2. The maximum Gasteiger partial charge on any atom is 0.270 e. The summed E-state index contributed by atoms with van der Waals surface area (Å²) in [5.41, 5.74) is 5.48. The first kappa shape index (κ1) is 22.8. The van der Waals surface area contributed by atoms with Crippen LogP contribution in [0.15, 0.2) is 54.7 Å². The van der Waals surface area contributed by atoms with E-state index in [1.807, 2.05) is 0 Å². The Morgan fingerprint density at radius 3 is 2.50 bits per heavy atom. The predicted molar refractivity (Wildman–Crippen MR) is 118 cm³/mol. The van der Waals surface area contributed by atoms with Gasteiger partial charge in [-0.25, -0.2) is 18.3 Å². The topological polar surface area (TPSA) is 131 Å². The number of anilines is 1. The Balaban J connectivity index is 1.65. The number of para-hydroxylation sites is 1. The van der Waals surface area contributed by atoms with E-state index in [0.29, 0.717) is 16.3 Å². The molecule has 0 saturated heterocycles. The Morgan fingerprint density at radius 1 is 1.03 bits per heavy atom. The zero-order valence-electron chi connectivity index (χ0n) is 17.2. The number of halogens is 3. The summed E-state index contributed by atoms with van der Waals surface area (Å²) in [6.45, 7) is -0.145. The first-order valence-corrected chi connectivity index (χ1v) is 10.1. The lowest BCUT2D eigenvalue weighted by Crippen LogP contribution is -2.26. The highest BCUT2D eigenvalue weighted by atomic mass is 35.5. The summed E-state index contributed by atoms with van der Waals surface area (Å²) < 4.78 is 27.5. The summed E-state index contributed by atoms with van der Waals surface area (Å²) in [5.74, 6) is -4.37. The van der Waals surface area contributed by atoms with Crippen LogP contribution >= 0.6 is 11.6 Å². The molecule has 4 N–H and O–H groups in total. The third-order valence-electron chi connectivity index (χ3n) is 4.76. The van der Waals surface area contributed by atoms with Crippen LogP contribution in [0.3, 0.4) is 0 Å². The van der Waals surface area contributed by atoms with E-state index >= 15 is 0 Å². The van der Waals surface area contributed by atoms with Crippen molar-refractivity contribution in [2.75, 3.05) is 5.32 Å². The standard InChI is InChI=1S/C22H15ClF2N6O3/c23-13-3-1-2-4-16(13)30-21(33)12-10-28-31-18(19(26)32)8-17(29-20(12)31)22(34)27-9-11-5-6-14(24)15(25)7-11/h1-8,10H,9H2,(H2,26,32)(H,27,34)(H,30,33). The minimum Gasteiger partial charge on any atom is -0.364 e. The zero-order valence-corrected chi connectivity index (χ0v) is 17.9. The minimum atomic E-state index is -1.06. The lowest BCUT2D eigenvalue weighted by atomic mass is 10.2. The van der Waals surface area contributed by atoms with Crippen LogP contribution in [0.5, 0.6) is 0 Å². The summed E-state index contributed by atoms with van der Waals surface area (Å²) in [6.07, 6.45) is 1.17. The third kappa shape index (κ3) is 4.55. The molecule has 0 aliphatic rings. The van der Waals surface area contributed by atoms with Crippen LogP contribution in [0, 0.1) is 11.6 Å². The molecule has 0 unspecified atom stereocenters. The van der Waals surface area contributed by atoms with Gasteiger partial charge in [0.25, 0.3) is 17.7 Å². The number of nitrogens with zero attached hydrogens (tertiary/aromatic N) is 3. The summed E-state index contributed by atoms with van der Waals surface area (Å²) >= 11 is 6.08. The van der Waals surface area contributed by atoms with Crippen LogP contribution < -0.4 is 16.4 Å². The first-order chi connectivity index (χ1) is 16.2. The molecule has 9 nitrogen and oxygen atoms in total. The van der Waals surface area contributed by atoms with Crippen molar-refractivity contribution in [1.29, 1.82) is 0 Å². The Morgan fingerprint density at radius 2 is 1.79 bits per heavy atom. The molecule has 0 fully saturated rings. The van der Waals surface area contributed by atoms with Crippen LogP contribution in [-0.2, 0) is 6.54 Å². The van der Waals surface area contributed by atoms with Gasteiger partial charge >= 0.3 is 0 Å². The number of nitrogens with two attached hydrogens (primary N) is 1. The van der Waals surface area contributed by atoms with Gasteiger partial charge in [-0.3, -0.25) is 14.4 Å². The van der Waals surface area contributed by atoms with Gasteiger partial charge in [0.15, 0.2) is 17.3 Å². The second-order valence-electron chi connectivity index (χ2n) is 7.05. The molecule has 0 bridgehead atoms. The number of hydrogen-bond donors (Lipinski definition) is 3. The first-order valence-electron chi connectivity index (χ1n) is 9.71. The van der Waals surface area contributed by atoms with Gasteiger partial charge in [-0.1, -0.05) is 29.8 Å². The van der Waals surface area contributed by atoms with Crippen LogP contribution in [0.25, 0.3) is 5.65 Å². The Labute approximate surface area is 195 Å². The van der Waals surface area contributed by atoms with Crippen molar-refractivity contribution < 1.29 is 23.2 Å². The van der Waals surface area contributed by atoms with E-state index in [9.17, 15) is 23.2 Å². The van der Waals surface area contributed by atoms with Crippen molar-refractivity contribution in [3.8, 4) is 0 Å². The smallest absolute Gasteiger partial charge is 0.270 e. The molecule has 0 aliphatic heterocycles. The van der Waals surface area contributed by atoms with Gasteiger partial charge in [-0.15, -0.1) is 0 Å². The SMILES string of the molecule is NC(=O)c1cc(C(=O)NCc2ccc(F)c(F)c2)nc2c(C(=O)Nc3ccccc3Cl)cnn12. The fraction of sp³-hybridized carbons (Fsp3) is 0.0455. The summed E-state index contributed by atoms with van der Waals surface area (Å²) in [5, 5.41) is 9.39. The van der Waals surface area contributed by atoms with Crippen LogP contribution in [0.4, 0.5) is 14.5 Å². The average molecular weight is 485 g/mol. The van der Waals surface area contributed by atoms with Gasteiger partial charge in [0.05, 0.1) is 16.9 Å². The second kappa shape index (κ2) is 9.24. The molecule has 3 amide bonds. The normalized spacial score (nSPS) is 10.8. The van der Waals surface area contributed by atoms with Crippen molar-refractivity contribution in [3.05, 3.63) is 93.9 Å². The maximum atomic E-state index is 13.4. The number of rotatable bonds is 6. The number of amides is 3. The van der Waals surface area contributed by atoms with Crippen molar-refractivity contribution in [2.45, 2.75) is 6.54 Å². The van der Waals surface area contributed by atoms with Crippen LogP contribution in [-0.4, -0.2) is 32.3 Å². The molecule has 0 spiro atoms. The molecule has 0 saturated carbocycles. The third-order valence-corrected chi connectivity index (χ3v) is 5.09. The summed E-state index contributed by atoms with van der Waals surface area (Å²) in [7, 11) is 0. The number of hydrogen-bond acceptors (Lipinski definition) is 5. The van der Waals surface area contributed by atoms with Gasteiger partial charge in [0.1, 0.15) is 17.0 Å². The largest absolute Gasteiger partial charge is 0.364 e.